The molecule has 0 spiro atoms. The number of carboxylic acid groups (broad SMARTS) is 1. The Kier molecular flexibility index (Phi) is 3.24. The number of carbonyl (C=O) groups is 1. The maximum Gasteiger partial charge on any atom is 0.328 e. The maximum absolute atomic E-state index is 10.8. The van der Waals surface area contributed by atoms with Crippen molar-refractivity contribution >= 4 is 22.4 Å². The second-order valence-corrected chi connectivity index (χ2v) is 4.49. The van der Waals surface area contributed by atoms with Crippen molar-refractivity contribution in [2.45, 2.75) is 20.3 Å². The number of aryl methyl sites for hydroxylation is 2. The molecule has 0 radical (unpaired) electrons. The van der Waals surface area contributed by atoms with Crippen LogP contribution in [0.3, 0.4) is 0 Å². The predicted molar refractivity (Wildman–Crippen MR) is 73.6 cm³/mol. The molecule has 1 N–H and O–H groups in total. The fourth-order valence-electron chi connectivity index (χ4n) is 2.42. The number of hydrogen-bond acceptors (Lipinski definition) is 1. The summed E-state index contributed by atoms with van der Waals surface area (Å²) in [6.45, 7) is 3.96. The second-order valence-electron chi connectivity index (χ2n) is 4.49. The molecule has 94 valence electrons. The lowest BCUT2D eigenvalue weighted by Crippen LogP contribution is -1.89. The zero-order valence-electron chi connectivity index (χ0n) is 10.9. The lowest BCUT2D eigenvalue weighted by molar-refractivity contribution is -0.131. The van der Waals surface area contributed by atoms with Crippen molar-refractivity contribution in [3.8, 4) is 0 Å². The van der Waals surface area contributed by atoms with Gasteiger partial charge in [-0.05, 0) is 24.5 Å². The molecule has 18 heavy (non-hydrogen) atoms. The minimum absolute atomic E-state index is 0.779. The first-order chi connectivity index (χ1) is 8.54. The molecule has 0 atom stereocenters. The van der Waals surface area contributed by atoms with E-state index in [1.165, 1.54) is 17.2 Å². The maximum atomic E-state index is 10.8. The number of para-hydroxylation sites is 1. The Labute approximate surface area is 106 Å². The molecule has 0 fully saturated rings. The SMILES string of the molecule is CCc1cccc2c(/C(C)=C/C(=O)O)cn(C)c12. The van der Waals surface area contributed by atoms with Gasteiger partial charge in [-0.15, -0.1) is 0 Å². The average Bonchev–Trinajstić information content (AvgIpc) is 2.66. The van der Waals surface area contributed by atoms with Gasteiger partial charge in [0, 0.05) is 30.3 Å². The highest BCUT2D eigenvalue weighted by atomic mass is 16.4. The van der Waals surface area contributed by atoms with Crippen molar-refractivity contribution in [1.82, 2.24) is 4.57 Å². The molecule has 2 rings (SSSR count). The average molecular weight is 243 g/mol. The molecular weight excluding hydrogens is 226 g/mol. The van der Waals surface area contributed by atoms with E-state index in [9.17, 15) is 4.79 Å². The summed E-state index contributed by atoms with van der Waals surface area (Å²) in [6.07, 6.45) is 4.22. The van der Waals surface area contributed by atoms with Crippen molar-refractivity contribution in [3.05, 3.63) is 41.6 Å². The summed E-state index contributed by atoms with van der Waals surface area (Å²) >= 11 is 0. The standard InChI is InChI=1S/C15H17NO2/c1-4-11-6-5-7-12-13(9-16(3)15(11)12)10(2)8-14(17)18/h5-9H,4H2,1-3H3,(H,17,18)/b10-8+. The lowest BCUT2D eigenvalue weighted by Gasteiger charge is -2.03. The van der Waals surface area contributed by atoms with Crippen LogP contribution in [-0.4, -0.2) is 15.6 Å². The largest absolute Gasteiger partial charge is 0.478 e. The van der Waals surface area contributed by atoms with Gasteiger partial charge in [0.2, 0.25) is 0 Å². The van der Waals surface area contributed by atoms with Crippen LogP contribution in [0.2, 0.25) is 0 Å². The highest BCUT2D eigenvalue weighted by Crippen LogP contribution is 2.29. The molecule has 2 aromatic rings. The molecule has 0 aliphatic rings. The molecule has 0 saturated heterocycles. The van der Waals surface area contributed by atoms with Crippen LogP contribution in [0.15, 0.2) is 30.5 Å². The Bertz CT molecular complexity index is 635. The summed E-state index contributed by atoms with van der Waals surface area (Å²) in [5.41, 5.74) is 4.24. The molecule has 1 aromatic carbocycles. The third-order valence-electron chi connectivity index (χ3n) is 3.23. The molecule has 1 heterocycles. The van der Waals surface area contributed by atoms with Gasteiger partial charge in [0.25, 0.3) is 0 Å². The Hall–Kier alpha value is -2.03. The number of nitrogens with zero attached hydrogens (tertiary/aromatic N) is 1. The zero-order chi connectivity index (χ0) is 13.3. The van der Waals surface area contributed by atoms with Gasteiger partial charge in [0.15, 0.2) is 0 Å². The Morgan fingerprint density at radius 3 is 2.78 bits per heavy atom. The summed E-state index contributed by atoms with van der Waals surface area (Å²) in [6, 6.07) is 6.18. The highest BCUT2D eigenvalue weighted by molar-refractivity contribution is 5.98. The minimum atomic E-state index is -0.906. The minimum Gasteiger partial charge on any atom is -0.478 e. The van der Waals surface area contributed by atoms with Gasteiger partial charge in [-0.2, -0.15) is 0 Å². The van der Waals surface area contributed by atoms with Crippen molar-refractivity contribution < 1.29 is 9.90 Å². The van der Waals surface area contributed by atoms with Crippen LogP contribution in [0.4, 0.5) is 0 Å². The van der Waals surface area contributed by atoms with Gasteiger partial charge >= 0.3 is 5.97 Å². The van der Waals surface area contributed by atoms with Gasteiger partial charge in [0.05, 0.1) is 5.52 Å². The second kappa shape index (κ2) is 4.69. The van der Waals surface area contributed by atoms with Gasteiger partial charge in [-0.3, -0.25) is 0 Å². The van der Waals surface area contributed by atoms with E-state index in [2.05, 4.69) is 17.6 Å². The molecule has 0 aliphatic heterocycles. The Morgan fingerprint density at radius 2 is 2.17 bits per heavy atom. The summed E-state index contributed by atoms with van der Waals surface area (Å²) < 4.78 is 2.07. The smallest absolute Gasteiger partial charge is 0.328 e. The van der Waals surface area contributed by atoms with E-state index in [0.717, 1.165) is 22.9 Å². The summed E-state index contributed by atoms with van der Waals surface area (Å²) in [5, 5.41) is 9.96. The fourth-order valence-corrected chi connectivity index (χ4v) is 2.42. The lowest BCUT2D eigenvalue weighted by atomic mass is 10.0. The number of allylic oxidation sites excluding steroid dienone is 1. The fraction of sp³-hybridized carbons (Fsp3) is 0.267. The molecular formula is C15H17NO2. The third-order valence-corrected chi connectivity index (χ3v) is 3.23. The van der Waals surface area contributed by atoms with E-state index in [4.69, 9.17) is 5.11 Å². The van der Waals surface area contributed by atoms with E-state index < -0.39 is 5.97 Å². The highest BCUT2D eigenvalue weighted by Gasteiger charge is 2.11. The van der Waals surface area contributed by atoms with Crippen LogP contribution >= 0.6 is 0 Å². The van der Waals surface area contributed by atoms with Crippen LogP contribution in [0.5, 0.6) is 0 Å². The number of carboxylic acids is 1. The molecule has 0 amide bonds. The van der Waals surface area contributed by atoms with Crippen LogP contribution in [-0.2, 0) is 18.3 Å². The topological polar surface area (TPSA) is 42.2 Å². The number of hydrogen-bond donors (Lipinski definition) is 1. The van der Waals surface area contributed by atoms with E-state index >= 15 is 0 Å². The normalized spacial score (nSPS) is 12.1. The quantitative estimate of drug-likeness (QED) is 0.841. The Balaban J connectivity index is 2.72. The van der Waals surface area contributed by atoms with E-state index in [-0.39, 0.29) is 0 Å². The summed E-state index contributed by atoms with van der Waals surface area (Å²) in [7, 11) is 2.00. The van der Waals surface area contributed by atoms with E-state index in [0.29, 0.717) is 0 Å². The molecule has 0 aliphatic carbocycles. The molecule has 3 heteroatoms. The zero-order valence-corrected chi connectivity index (χ0v) is 10.9. The van der Waals surface area contributed by atoms with Gasteiger partial charge in [-0.1, -0.05) is 25.1 Å². The first-order valence-electron chi connectivity index (χ1n) is 6.03. The number of benzene rings is 1. The monoisotopic (exact) mass is 243 g/mol. The van der Waals surface area contributed by atoms with Crippen molar-refractivity contribution in [2.24, 2.45) is 7.05 Å². The van der Waals surface area contributed by atoms with Gasteiger partial charge in [-0.25, -0.2) is 4.79 Å². The first kappa shape index (κ1) is 12.4. The first-order valence-corrected chi connectivity index (χ1v) is 6.03. The molecule has 1 aromatic heterocycles. The molecule has 3 nitrogen and oxygen atoms in total. The van der Waals surface area contributed by atoms with Crippen molar-refractivity contribution in [3.63, 3.8) is 0 Å². The van der Waals surface area contributed by atoms with Crippen molar-refractivity contribution in [2.75, 3.05) is 0 Å². The molecule has 0 unspecified atom stereocenters. The summed E-state index contributed by atoms with van der Waals surface area (Å²) in [4.78, 5) is 10.8. The van der Waals surface area contributed by atoms with Crippen LogP contribution < -0.4 is 0 Å². The van der Waals surface area contributed by atoms with Gasteiger partial charge in [0.1, 0.15) is 0 Å². The van der Waals surface area contributed by atoms with E-state index in [1.807, 2.05) is 32.3 Å². The molecule has 0 saturated carbocycles. The number of fused-ring (bicyclic) bond motifs is 1. The van der Waals surface area contributed by atoms with Crippen LogP contribution in [0.1, 0.15) is 25.0 Å². The number of aliphatic carboxylic acids is 1. The van der Waals surface area contributed by atoms with Crippen LogP contribution in [0.25, 0.3) is 16.5 Å². The predicted octanol–water partition coefficient (Wildman–Crippen LogP) is 3.23. The third kappa shape index (κ3) is 2.04. The number of aromatic nitrogens is 1. The Morgan fingerprint density at radius 1 is 1.44 bits per heavy atom. The number of rotatable bonds is 3. The van der Waals surface area contributed by atoms with Crippen molar-refractivity contribution in [1.29, 1.82) is 0 Å². The molecule has 0 bridgehead atoms. The summed E-state index contributed by atoms with van der Waals surface area (Å²) in [5.74, 6) is -0.906. The van der Waals surface area contributed by atoms with Crippen LogP contribution in [0, 0.1) is 0 Å². The van der Waals surface area contributed by atoms with E-state index in [1.54, 1.807) is 0 Å². The van der Waals surface area contributed by atoms with Gasteiger partial charge < -0.3 is 9.67 Å².